The molecule has 0 aromatic heterocycles. The zero-order valence-corrected chi connectivity index (χ0v) is 12.4. The average molecular weight is 262 g/mol. The topological polar surface area (TPSA) is 38.5 Å². The number of ether oxygens (including phenoxy) is 1. The second kappa shape index (κ2) is 6.40. The first-order valence-corrected chi connectivity index (χ1v) is 7.24. The monoisotopic (exact) mass is 262 g/mol. The molecule has 1 unspecified atom stereocenters. The molecule has 0 spiro atoms. The second-order valence-electron chi connectivity index (χ2n) is 5.60. The molecule has 1 aliphatic heterocycles. The molecule has 19 heavy (non-hydrogen) atoms. The summed E-state index contributed by atoms with van der Waals surface area (Å²) < 4.78 is 5.38. The minimum absolute atomic E-state index is 0.551. The molecule has 106 valence electrons. The summed E-state index contributed by atoms with van der Waals surface area (Å²) in [7, 11) is 1.73. The Morgan fingerprint density at radius 2 is 2.05 bits per heavy atom. The Hall–Kier alpha value is -1.06. The molecule has 3 nitrogen and oxygen atoms in total. The van der Waals surface area contributed by atoms with E-state index in [0.717, 1.165) is 18.8 Å². The minimum Gasteiger partial charge on any atom is -0.496 e. The molecule has 2 N–H and O–H groups in total. The summed E-state index contributed by atoms with van der Waals surface area (Å²) >= 11 is 0. The van der Waals surface area contributed by atoms with Crippen LogP contribution in [0.5, 0.6) is 5.75 Å². The number of hydrogen-bond acceptors (Lipinski definition) is 3. The first kappa shape index (κ1) is 14.4. The van der Waals surface area contributed by atoms with Gasteiger partial charge in [0, 0.05) is 19.1 Å². The maximum absolute atomic E-state index is 5.90. The number of nitrogens with two attached hydrogens (primary N) is 1. The van der Waals surface area contributed by atoms with E-state index in [4.69, 9.17) is 10.5 Å². The molecule has 0 bridgehead atoms. The predicted molar refractivity (Wildman–Crippen MR) is 79.6 cm³/mol. The zero-order chi connectivity index (χ0) is 13.8. The number of nitrogens with zero attached hydrogens (tertiary/aromatic N) is 1. The van der Waals surface area contributed by atoms with Crippen LogP contribution >= 0.6 is 0 Å². The highest BCUT2D eigenvalue weighted by molar-refractivity contribution is 5.41. The number of rotatable bonds is 4. The number of aryl methyl sites for hydroxylation is 2. The third-order valence-electron chi connectivity index (χ3n) is 4.25. The van der Waals surface area contributed by atoms with Gasteiger partial charge in [-0.2, -0.15) is 0 Å². The first-order chi connectivity index (χ1) is 9.15. The smallest absolute Gasteiger partial charge is 0.122 e. The highest BCUT2D eigenvalue weighted by atomic mass is 16.5. The van der Waals surface area contributed by atoms with Gasteiger partial charge >= 0.3 is 0 Å². The fraction of sp³-hybridized carbons (Fsp3) is 0.625. The van der Waals surface area contributed by atoms with Crippen molar-refractivity contribution in [2.75, 3.05) is 20.2 Å². The Bertz CT molecular complexity index is 431. The largest absolute Gasteiger partial charge is 0.496 e. The lowest BCUT2D eigenvalue weighted by Crippen LogP contribution is -2.43. The molecule has 2 rings (SSSR count). The molecule has 1 fully saturated rings. The van der Waals surface area contributed by atoms with Crippen molar-refractivity contribution >= 4 is 0 Å². The Morgan fingerprint density at radius 3 is 2.74 bits per heavy atom. The van der Waals surface area contributed by atoms with E-state index in [9.17, 15) is 0 Å². The summed E-state index contributed by atoms with van der Waals surface area (Å²) in [6.45, 7) is 7.23. The normalized spacial score (nSPS) is 20.5. The number of benzene rings is 1. The van der Waals surface area contributed by atoms with E-state index in [-0.39, 0.29) is 0 Å². The summed E-state index contributed by atoms with van der Waals surface area (Å²) in [6, 6.07) is 4.96. The van der Waals surface area contributed by atoms with Crippen LogP contribution < -0.4 is 10.5 Å². The Balaban J connectivity index is 2.16. The molecule has 1 heterocycles. The van der Waals surface area contributed by atoms with Gasteiger partial charge in [-0.1, -0.05) is 12.5 Å². The van der Waals surface area contributed by atoms with Crippen molar-refractivity contribution in [1.82, 2.24) is 4.90 Å². The molecule has 0 aliphatic carbocycles. The number of piperidine rings is 1. The highest BCUT2D eigenvalue weighted by Gasteiger charge is 2.21. The standard InChI is InChI=1S/C16H26N2O/c1-12-9-16(19-3)13(2)8-14(12)11-18-7-5-4-6-15(18)10-17/h8-9,15H,4-7,10-11,17H2,1-3H3. The van der Waals surface area contributed by atoms with Crippen molar-refractivity contribution in [1.29, 1.82) is 0 Å². The van der Waals surface area contributed by atoms with Gasteiger partial charge in [-0.25, -0.2) is 0 Å². The van der Waals surface area contributed by atoms with E-state index in [0.29, 0.717) is 6.04 Å². The molecule has 3 heteroatoms. The Labute approximate surface area is 116 Å². The van der Waals surface area contributed by atoms with Gasteiger partial charge in [0.2, 0.25) is 0 Å². The molecule has 1 aliphatic rings. The molecular weight excluding hydrogens is 236 g/mol. The van der Waals surface area contributed by atoms with Crippen molar-refractivity contribution in [3.63, 3.8) is 0 Å². The van der Waals surface area contributed by atoms with Crippen molar-refractivity contribution in [3.8, 4) is 5.75 Å². The van der Waals surface area contributed by atoms with Crippen molar-refractivity contribution in [2.24, 2.45) is 5.73 Å². The summed E-state index contributed by atoms with van der Waals surface area (Å²) in [5, 5.41) is 0. The van der Waals surface area contributed by atoms with Crippen molar-refractivity contribution in [3.05, 3.63) is 28.8 Å². The van der Waals surface area contributed by atoms with E-state index in [2.05, 4.69) is 30.9 Å². The summed E-state index contributed by atoms with van der Waals surface area (Å²) in [5.41, 5.74) is 9.82. The second-order valence-corrected chi connectivity index (χ2v) is 5.60. The van der Waals surface area contributed by atoms with Crippen LogP contribution in [0.25, 0.3) is 0 Å². The lowest BCUT2D eigenvalue weighted by molar-refractivity contribution is 0.144. The van der Waals surface area contributed by atoms with Gasteiger partial charge in [-0.3, -0.25) is 4.90 Å². The van der Waals surface area contributed by atoms with Gasteiger partial charge < -0.3 is 10.5 Å². The van der Waals surface area contributed by atoms with E-state index >= 15 is 0 Å². The highest BCUT2D eigenvalue weighted by Crippen LogP contribution is 2.25. The third-order valence-corrected chi connectivity index (χ3v) is 4.25. The van der Waals surface area contributed by atoms with Crippen LogP contribution in [0.15, 0.2) is 12.1 Å². The number of methoxy groups -OCH3 is 1. The SMILES string of the molecule is COc1cc(C)c(CN2CCCCC2CN)cc1C. The van der Waals surface area contributed by atoms with Gasteiger partial charge in [-0.15, -0.1) is 0 Å². The average Bonchev–Trinajstić information content (AvgIpc) is 2.43. The fourth-order valence-corrected chi connectivity index (χ4v) is 2.99. The van der Waals surface area contributed by atoms with Crippen LogP contribution in [0.2, 0.25) is 0 Å². The van der Waals surface area contributed by atoms with Gasteiger partial charge in [-0.05, 0) is 56.0 Å². The summed E-state index contributed by atoms with van der Waals surface area (Å²) in [5.74, 6) is 0.982. The Kier molecular flexibility index (Phi) is 4.83. The molecule has 0 amide bonds. The van der Waals surface area contributed by atoms with E-state index in [1.165, 1.54) is 42.5 Å². The van der Waals surface area contributed by atoms with Crippen molar-refractivity contribution < 1.29 is 4.74 Å². The predicted octanol–water partition coefficient (Wildman–Crippen LogP) is 2.63. The fourth-order valence-electron chi connectivity index (χ4n) is 2.99. The molecular formula is C16H26N2O. The maximum Gasteiger partial charge on any atom is 0.122 e. The lowest BCUT2D eigenvalue weighted by atomic mass is 9.99. The van der Waals surface area contributed by atoms with Crippen LogP contribution in [0, 0.1) is 13.8 Å². The van der Waals surface area contributed by atoms with Crippen molar-refractivity contribution in [2.45, 2.75) is 45.7 Å². The third kappa shape index (κ3) is 3.28. The van der Waals surface area contributed by atoms with E-state index in [1.807, 2.05) is 0 Å². The Morgan fingerprint density at radius 1 is 1.26 bits per heavy atom. The summed E-state index contributed by atoms with van der Waals surface area (Å²) in [4.78, 5) is 2.54. The van der Waals surface area contributed by atoms with Gasteiger partial charge in [0.15, 0.2) is 0 Å². The molecule has 0 saturated carbocycles. The van der Waals surface area contributed by atoms with E-state index < -0.39 is 0 Å². The van der Waals surface area contributed by atoms with Gasteiger partial charge in [0.05, 0.1) is 7.11 Å². The van der Waals surface area contributed by atoms with Gasteiger partial charge in [0.1, 0.15) is 5.75 Å². The van der Waals surface area contributed by atoms with Crippen LogP contribution in [0.3, 0.4) is 0 Å². The minimum atomic E-state index is 0.551. The zero-order valence-electron chi connectivity index (χ0n) is 12.4. The van der Waals surface area contributed by atoms with Crippen LogP contribution in [-0.2, 0) is 6.54 Å². The van der Waals surface area contributed by atoms with Crippen LogP contribution in [-0.4, -0.2) is 31.1 Å². The summed E-state index contributed by atoms with van der Waals surface area (Å²) in [6.07, 6.45) is 3.86. The molecule has 1 aromatic rings. The van der Waals surface area contributed by atoms with Crippen LogP contribution in [0.1, 0.15) is 36.0 Å². The van der Waals surface area contributed by atoms with E-state index in [1.54, 1.807) is 7.11 Å². The van der Waals surface area contributed by atoms with Gasteiger partial charge in [0.25, 0.3) is 0 Å². The quantitative estimate of drug-likeness (QED) is 0.906. The first-order valence-electron chi connectivity index (χ1n) is 7.24. The van der Waals surface area contributed by atoms with Crippen LogP contribution in [0.4, 0.5) is 0 Å². The number of hydrogen-bond donors (Lipinski definition) is 1. The maximum atomic E-state index is 5.90. The number of likely N-dealkylation sites (tertiary alicyclic amines) is 1. The molecule has 1 atom stereocenters. The molecule has 1 aromatic carbocycles. The molecule has 1 saturated heterocycles. The molecule has 0 radical (unpaired) electrons. The lowest BCUT2D eigenvalue weighted by Gasteiger charge is -2.35.